The Hall–Kier alpha value is -0.610. The average molecular weight is 169 g/mol. The first-order valence-corrected chi connectivity index (χ1v) is 4.47. The maximum atomic E-state index is 11.3. The number of hydrogen-bond acceptors (Lipinski definition) is 3. The molecule has 0 radical (unpaired) electrons. The molecule has 0 bridgehead atoms. The molecule has 4 nitrogen and oxygen atoms in total. The van der Waals surface area contributed by atoms with Crippen LogP contribution in [0.3, 0.4) is 0 Å². The quantitative estimate of drug-likeness (QED) is 0.495. The number of carbonyl (C=O) groups excluding carboxylic acids is 1. The molecule has 12 heavy (non-hydrogen) atoms. The summed E-state index contributed by atoms with van der Waals surface area (Å²) in [5.74, 6) is 0.219. The van der Waals surface area contributed by atoms with E-state index in [9.17, 15) is 4.79 Å². The van der Waals surface area contributed by atoms with Gasteiger partial charge in [0.1, 0.15) is 0 Å². The van der Waals surface area contributed by atoms with Crippen molar-refractivity contribution >= 4 is 5.91 Å². The minimum Gasteiger partial charge on any atom is -0.326 e. The molecule has 0 aromatic rings. The van der Waals surface area contributed by atoms with E-state index in [0.29, 0.717) is 6.54 Å². The lowest BCUT2D eigenvalue weighted by Crippen LogP contribution is -2.56. The lowest BCUT2D eigenvalue weighted by atomic mass is 9.98. The van der Waals surface area contributed by atoms with Crippen molar-refractivity contribution in [2.75, 3.05) is 26.7 Å². The van der Waals surface area contributed by atoms with Gasteiger partial charge in [-0.05, 0) is 25.9 Å². The highest BCUT2D eigenvalue weighted by Crippen LogP contribution is 2.25. The Labute approximate surface area is 72.3 Å². The van der Waals surface area contributed by atoms with Gasteiger partial charge in [-0.1, -0.05) is 0 Å². The predicted octanol–water partition coefficient (Wildman–Crippen LogP) is -0.872. The standard InChI is InChI=1S/C8H15N3O/c1-11-7(12)6-10-8(11)2-4-9-5-3-8/h9-10H,2-6H2,1H3. The van der Waals surface area contributed by atoms with Gasteiger partial charge in [-0.25, -0.2) is 0 Å². The monoisotopic (exact) mass is 169 g/mol. The van der Waals surface area contributed by atoms with Crippen molar-refractivity contribution in [3.8, 4) is 0 Å². The number of rotatable bonds is 0. The number of piperidine rings is 1. The summed E-state index contributed by atoms with van der Waals surface area (Å²) in [6.07, 6.45) is 2.05. The molecule has 4 heteroatoms. The van der Waals surface area contributed by atoms with Crippen molar-refractivity contribution in [1.82, 2.24) is 15.5 Å². The van der Waals surface area contributed by atoms with Crippen LogP contribution in [0.5, 0.6) is 0 Å². The Morgan fingerprint density at radius 1 is 1.42 bits per heavy atom. The first-order valence-electron chi connectivity index (χ1n) is 4.47. The third-order valence-corrected chi connectivity index (χ3v) is 3.02. The van der Waals surface area contributed by atoms with Crippen LogP contribution >= 0.6 is 0 Å². The average Bonchev–Trinajstić information content (AvgIpc) is 2.37. The number of nitrogens with zero attached hydrogens (tertiary/aromatic N) is 1. The van der Waals surface area contributed by atoms with Crippen LogP contribution in [0.2, 0.25) is 0 Å². The molecule has 1 amide bonds. The van der Waals surface area contributed by atoms with Crippen LogP contribution in [0.1, 0.15) is 12.8 Å². The highest BCUT2D eigenvalue weighted by molar-refractivity contribution is 5.81. The van der Waals surface area contributed by atoms with Crippen molar-refractivity contribution in [3.63, 3.8) is 0 Å². The Balaban J connectivity index is 2.14. The Morgan fingerprint density at radius 3 is 2.58 bits per heavy atom. The summed E-state index contributed by atoms with van der Waals surface area (Å²) in [5, 5.41) is 6.60. The maximum Gasteiger partial charge on any atom is 0.237 e. The van der Waals surface area contributed by atoms with E-state index in [1.165, 1.54) is 0 Å². The minimum atomic E-state index is -0.0255. The fourth-order valence-electron chi connectivity index (χ4n) is 2.07. The van der Waals surface area contributed by atoms with Crippen molar-refractivity contribution in [2.45, 2.75) is 18.5 Å². The first-order chi connectivity index (χ1) is 5.75. The van der Waals surface area contributed by atoms with Crippen LogP contribution in [0, 0.1) is 0 Å². The normalized spacial score (nSPS) is 28.4. The summed E-state index contributed by atoms with van der Waals surface area (Å²) < 4.78 is 0. The van der Waals surface area contributed by atoms with Crippen LogP contribution in [0.25, 0.3) is 0 Å². The van der Waals surface area contributed by atoms with Crippen molar-refractivity contribution in [1.29, 1.82) is 0 Å². The summed E-state index contributed by atoms with van der Waals surface area (Å²) >= 11 is 0. The summed E-state index contributed by atoms with van der Waals surface area (Å²) in [6, 6.07) is 0. The van der Waals surface area contributed by atoms with Gasteiger partial charge in [0.25, 0.3) is 0 Å². The van der Waals surface area contributed by atoms with Gasteiger partial charge in [-0.15, -0.1) is 0 Å². The number of nitrogens with one attached hydrogen (secondary N) is 2. The molecular weight excluding hydrogens is 154 g/mol. The molecule has 2 N–H and O–H groups in total. The fourth-order valence-corrected chi connectivity index (χ4v) is 2.07. The molecule has 0 saturated carbocycles. The summed E-state index contributed by atoms with van der Waals surface area (Å²) in [5.41, 5.74) is -0.0255. The second-order valence-electron chi connectivity index (χ2n) is 3.59. The largest absolute Gasteiger partial charge is 0.326 e. The number of amides is 1. The van der Waals surface area contributed by atoms with E-state index in [1.54, 1.807) is 0 Å². The van der Waals surface area contributed by atoms with Gasteiger partial charge >= 0.3 is 0 Å². The lowest BCUT2D eigenvalue weighted by Gasteiger charge is -2.39. The van der Waals surface area contributed by atoms with Crippen molar-refractivity contribution in [3.05, 3.63) is 0 Å². The molecule has 2 heterocycles. The van der Waals surface area contributed by atoms with E-state index in [-0.39, 0.29) is 11.6 Å². The van der Waals surface area contributed by atoms with Gasteiger partial charge in [0.05, 0.1) is 12.2 Å². The smallest absolute Gasteiger partial charge is 0.237 e. The second kappa shape index (κ2) is 2.71. The van der Waals surface area contributed by atoms with Crippen molar-refractivity contribution in [2.24, 2.45) is 0 Å². The zero-order valence-electron chi connectivity index (χ0n) is 7.39. The third-order valence-electron chi connectivity index (χ3n) is 3.02. The molecule has 0 unspecified atom stereocenters. The van der Waals surface area contributed by atoms with E-state index in [1.807, 2.05) is 11.9 Å². The number of carbonyl (C=O) groups is 1. The molecule has 0 aromatic heterocycles. The van der Waals surface area contributed by atoms with Crippen LogP contribution in [0.15, 0.2) is 0 Å². The molecule has 0 atom stereocenters. The zero-order chi connectivity index (χ0) is 8.60. The Morgan fingerprint density at radius 2 is 2.08 bits per heavy atom. The fraction of sp³-hybridized carbons (Fsp3) is 0.875. The SMILES string of the molecule is CN1C(=O)CNC12CCNCC2. The van der Waals surface area contributed by atoms with Crippen LogP contribution < -0.4 is 10.6 Å². The zero-order valence-corrected chi connectivity index (χ0v) is 7.39. The van der Waals surface area contributed by atoms with Crippen LogP contribution in [-0.4, -0.2) is 43.2 Å². The molecule has 2 aliphatic rings. The summed E-state index contributed by atoms with van der Waals surface area (Å²) in [7, 11) is 1.90. The summed E-state index contributed by atoms with van der Waals surface area (Å²) in [4.78, 5) is 13.2. The van der Waals surface area contributed by atoms with Gasteiger partial charge in [0.15, 0.2) is 0 Å². The molecule has 0 aliphatic carbocycles. The molecule has 68 valence electrons. The number of hydrogen-bond donors (Lipinski definition) is 2. The third kappa shape index (κ3) is 1.03. The Kier molecular flexibility index (Phi) is 1.81. The van der Waals surface area contributed by atoms with Gasteiger partial charge in [0.2, 0.25) is 5.91 Å². The molecule has 0 aromatic carbocycles. The highest BCUT2D eigenvalue weighted by atomic mass is 16.2. The first kappa shape index (κ1) is 8.01. The molecular formula is C8H15N3O. The molecule has 2 saturated heterocycles. The molecule has 2 aliphatic heterocycles. The second-order valence-corrected chi connectivity index (χ2v) is 3.59. The topological polar surface area (TPSA) is 44.4 Å². The van der Waals surface area contributed by atoms with E-state index < -0.39 is 0 Å². The minimum absolute atomic E-state index is 0.0255. The molecule has 2 fully saturated rings. The van der Waals surface area contributed by atoms with E-state index in [0.717, 1.165) is 25.9 Å². The van der Waals surface area contributed by atoms with Gasteiger partial charge in [-0.3, -0.25) is 10.1 Å². The van der Waals surface area contributed by atoms with Crippen LogP contribution in [-0.2, 0) is 4.79 Å². The van der Waals surface area contributed by atoms with Crippen LogP contribution in [0.4, 0.5) is 0 Å². The predicted molar refractivity (Wildman–Crippen MR) is 45.6 cm³/mol. The van der Waals surface area contributed by atoms with Crippen molar-refractivity contribution < 1.29 is 4.79 Å². The summed E-state index contributed by atoms with van der Waals surface area (Å²) in [6.45, 7) is 2.52. The van der Waals surface area contributed by atoms with Gasteiger partial charge in [-0.2, -0.15) is 0 Å². The van der Waals surface area contributed by atoms with E-state index in [4.69, 9.17) is 0 Å². The van der Waals surface area contributed by atoms with E-state index >= 15 is 0 Å². The van der Waals surface area contributed by atoms with Gasteiger partial charge in [0, 0.05) is 7.05 Å². The van der Waals surface area contributed by atoms with Gasteiger partial charge < -0.3 is 10.2 Å². The Bertz CT molecular complexity index is 198. The highest BCUT2D eigenvalue weighted by Gasteiger charge is 2.42. The van der Waals surface area contributed by atoms with E-state index in [2.05, 4.69) is 10.6 Å². The maximum absolute atomic E-state index is 11.3. The lowest BCUT2D eigenvalue weighted by molar-refractivity contribution is -0.129. The molecule has 1 spiro atoms. The number of likely N-dealkylation sites (N-methyl/N-ethyl adjacent to an activating group) is 1. The molecule has 2 rings (SSSR count).